The summed E-state index contributed by atoms with van der Waals surface area (Å²) in [5.74, 6) is -2.33. The van der Waals surface area contributed by atoms with Crippen LogP contribution >= 0.6 is 0 Å². The summed E-state index contributed by atoms with van der Waals surface area (Å²) >= 11 is 0. The van der Waals surface area contributed by atoms with Crippen molar-refractivity contribution in [2.24, 2.45) is 23.5 Å². The number of methoxy groups -OCH3 is 3. The van der Waals surface area contributed by atoms with Gasteiger partial charge in [0.25, 0.3) is 0 Å². The number of nitrogens with zero attached hydrogens (tertiary/aromatic N) is 3. The SMILES string of the molecule is CC[C@H](C)[C@@H]([C@@H](CC(=O)N1CCC[C@H]1[C@H](OC)[C@@H](C)C(=O)N[C@@H](Cc1ccccc1)C(=O)OC)OC)N(C)C(=O)[C@@H](NC(=O)N(CCCN)C(C)C)C(C)C. The summed E-state index contributed by atoms with van der Waals surface area (Å²) < 4.78 is 16.9. The molecule has 14 nitrogen and oxygen atoms in total. The van der Waals surface area contributed by atoms with E-state index in [0.29, 0.717) is 32.5 Å². The normalized spacial score (nSPS) is 18.1. The molecule has 1 fully saturated rings. The molecule has 4 N–H and O–H groups in total. The van der Waals surface area contributed by atoms with Crippen LogP contribution in [0.15, 0.2) is 30.3 Å². The summed E-state index contributed by atoms with van der Waals surface area (Å²) in [6, 6.07) is 6.39. The van der Waals surface area contributed by atoms with Crippen molar-refractivity contribution >= 4 is 29.7 Å². The number of ether oxygens (including phenoxy) is 3. The number of benzene rings is 1. The first-order chi connectivity index (χ1) is 26.1. The summed E-state index contributed by atoms with van der Waals surface area (Å²) in [6.45, 7) is 14.8. The lowest BCUT2D eigenvalue weighted by atomic mass is 9.89. The minimum absolute atomic E-state index is 0.00293. The Hall–Kier alpha value is -3.75. The third-order valence-corrected chi connectivity index (χ3v) is 11.0. The molecule has 1 heterocycles. The average molecular weight is 775 g/mol. The molecular weight excluding hydrogens is 704 g/mol. The molecule has 0 aromatic heterocycles. The zero-order valence-electron chi connectivity index (χ0n) is 35.2. The number of likely N-dealkylation sites (N-methyl/N-ethyl adjacent to an activating group) is 1. The number of esters is 1. The molecule has 1 aromatic carbocycles. The van der Waals surface area contributed by atoms with Crippen molar-refractivity contribution in [2.75, 3.05) is 48.0 Å². The van der Waals surface area contributed by atoms with Gasteiger partial charge in [0.05, 0.1) is 43.7 Å². The lowest BCUT2D eigenvalue weighted by Gasteiger charge is -2.41. The maximum Gasteiger partial charge on any atom is 0.328 e. The Morgan fingerprint density at radius 3 is 2.15 bits per heavy atom. The molecule has 0 spiro atoms. The predicted octanol–water partition coefficient (Wildman–Crippen LogP) is 3.60. The average Bonchev–Trinajstić information content (AvgIpc) is 3.65. The van der Waals surface area contributed by atoms with Gasteiger partial charge in [0, 0.05) is 46.8 Å². The third kappa shape index (κ3) is 13.2. The number of carbonyl (C=O) groups is 5. The van der Waals surface area contributed by atoms with Crippen molar-refractivity contribution in [2.45, 2.75) is 129 Å². The molecule has 8 atom stereocenters. The number of amides is 5. The molecule has 1 aliphatic heterocycles. The zero-order valence-corrected chi connectivity index (χ0v) is 35.2. The van der Waals surface area contributed by atoms with Crippen LogP contribution in [0, 0.1) is 17.8 Å². The molecule has 1 aliphatic rings. The molecule has 0 aliphatic carbocycles. The molecule has 312 valence electrons. The molecule has 14 heteroatoms. The number of nitrogens with one attached hydrogen (secondary N) is 2. The highest BCUT2D eigenvalue weighted by Crippen LogP contribution is 2.30. The van der Waals surface area contributed by atoms with Gasteiger partial charge in [-0.2, -0.15) is 0 Å². The Morgan fingerprint density at radius 1 is 0.964 bits per heavy atom. The molecule has 2 rings (SSSR count). The van der Waals surface area contributed by atoms with Gasteiger partial charge in [0.1, 0.15) is 12.1 Å². The van der Waals surface area contributed by atoms with E-state index in [2.05, 4.69) is 10.6 Å². The Morgan fingerprint density at radius 2 is 1.62 bits per heavy atom. The van der Waals surface area contributed by atoms with Crippen molar-refractivity contribution in [1.29, 1.82) is 0 Å². The summed E-state index contributed by atoms with van der Waals surface area (Å²) in [7, 11) is 6.07. The molecule has 1 saturated heterocycles. The highest BCUT2D eigenvalue weighted by Gasteiger charge is 2.43. The van der Waals surface area contributed by atoms with Crippen LogP contribution in [0.4, 0.5) is 4.79 Å². The lowest BCUT2D eigenvalue weighted by Crippen LogP contribution is -2.59. The molecule has 0 unspecified atom stereocenters. The maximum absolute atomic E-state index is 14.2. The van der Waals surface area contributed by atoms with Crippen LogP contribution in [-0.2, 0) is 39.8 Å². The Kier molecular flexibility index (Phi) is 20.1. The van der Waals surface area contributed by atoms with E-state index in [-0.39, 0.29) is 54.5 Å². The minimum Gasteiger partial charge on any atom is -0.467 e. The van der Waals surface area contributed by atoms with Gasteiger partial charge in [-0.25, -0.2) is 9.59 Å². The molecule has 0 radical (unpaired) electrons. The van der Waals surface area contributed by atoms with Crippen LogP contribution in [-0.4, -0.2) is 135 Å². The highest BCUT2D eigenvalue weighted by atomic mass is 16.5. The zero-order chi connectivity index (χ0) is 41.4. The number of likely N-dealkylation sites (tertiary alicyclic amines) is 1. The van der Waals surface area contributed by atoms with E-state index in [1.807, 2.05) is 71.9 Å². The van der Waals surface area contributed by atoms with E-state index < -0.39 is 48.3 Å². The third-order valence-electron chi connectivity index (χ3n) is 11.0. The summed E-state index contributed by atoms with van der Waals surface area (Å²) in [5, 5.41) is 5.84. The van der Waals surface area contributed by atoms with Crippen LogP contribution in [0.25, 0.3) is 0 Å². The molecular formula is C41H70N6O8. The van der Waals surface area contributed by atoms with Gasteiger partial charge in [-0.1, -0.05) is 71.4 Å². The van der Waals surface area contributed by atoms with Gasteiger partial charge in [-0.15, -0.1) is 0 Å². The van der Waals surface area contributed by atoms with Crippen LogP contribution in [0.3, 0.4) is 0 Å². The Bertz CT molecular complexity index is 1360. The van der Waals surface area contributed by atoms with Crippen LogP contribution in [0.2, 0.25) is 0 Å². The van der Waals surface area contributed by atoms with E-state index >= 15 is 0 Å². The second-order valence-electron chi connectivity index (χ2n) is 15.5. The first-order valence-corrected chi connectivity index (χ1v) is 19.9. The summed E-state index contributed by atoms with van der Waals surface area (Å²) in [5.41, 5.74) is 6.59. The fourth-order valence-electron chi connectivity index (χ4n) is 7.60. The van der Waals surface area contributed by atoms with Gasteiger partial charge in [0.15, 0.2) is 0 Å². The van der Waals surface area contributed by atoms with Crippen molar-refractivity contribution in [3.63, 3.8) is 0 Å². The van der Waals surface area contributed by atoms with Gasteiger partial charge >= 0.3 is 12.0 Å². The van der Waals surface area contributed by atoms with Crippen molar-refractivity contribution in [1.82, 2.24) is 25.3 Å². The number of hydrogen-bond donors (Lipinski definition) is 3. The number of carbonyl (C=O) groups excluding carboxylic acids is 5. The standard InChI is InChI=1S/C41H70N6O8/c1-12-28(6)36(45(8)39(50)35(26(2)3)44-41(52)46(27(4)5)23-17-21-42)33(53-9)25-34(48)47-22-16-20-32(47)37(54-10)29(7)38(49)43-31(40(51)55-11)24-30-18-14-13-15-19-30/h13-15,18-19,26-29,31-33,35-37H,12,16-17,20-25,42H2,1-11H3,(H,43,49)(H,44,52)/t28-,29+,31-,32-,33+,35-,36-,37+/m0/s1. The lowest BCUT2D eigenvalue weighted by molar-refractivity contribution is -0.148. The summed E-state index contributed by atoms with van der Waals surface area (Å²) in [6.07, 6.45) is 1.67. The Balaban J connectivity index is 2.28. The monoisotopic (exact) mass is 775 g/mol. The molecule has 0 bridgehead atoms. The first kappa shape index (κ1) is 47.4. The van der Waals surface area contributed by atoms with Gasteiger partial charge in [0.2, 0.25) is 17.7 Å². The van der Waals surface area contributed by atoms with Crippen LogP contribution in [0.5, 0.6) is 0 Å². The van der Waals surface area contributed by atoms with Crippen molar-refractivity contribution < 1.29 is 38.2 Å². The van der Waals surface area contributed by atoms with Gasteiger partial charge < -0.3 is 45.3 Å². The number of hydrogen-bond acceptors (Lipinski definition) is 9. The van der Waals surface area contributed by atoms with Crippen molar-refractivity contribution in [3.8, 4) is 0 Å². The second kappa shape index (κ2) is 23.3. The predicted molar refractivity (Wildman–Crippen MR) is 213 cm³/mol. The fourth-order valence-corrected chi connectivity index (χ4v) is 7.60. The Labute approximate surface area is 329 Å². The van der Waals surface area contributed by atoms with Gasteiger partial charge in [-0.05, 0) is 57.1 Å². The molecule has 5 amide bonds. The van der Waals surface area contributed by atoms with Crippen molar-refractivity contribution in [3.05, 3.63) is 35.9 Å². The van der Waals surface area contributed by atoms with E-state index in [4.69, 9.17) is 19.9 Å². The minimum atomic E-state index is -0.894. The largest absolute Gasteiger partial charge is 0.467 e. The van der Waals surface area contributed by atoms with Crippen LogP contribution < -0.4 is 16.4 Å². The maximum atomic E-state index is 14.2. The molecule has 0 saturated carbocycles. The highest BCUT2D eigenvalue weighted by molar-refractivity contribution is 5.88. The van der Waals surface area contributed by atoms with E-state index in [1.165, 1.54) is 14.2 Å². The van der Waals surface area contributed by atoms with E-state index in [9.17, 15) is 24.0 Å². The smallest absolute Gasteiger partial charge is 0.328 e. The summed E-state index contributed by atoms with van der Waals surface area (Å²) in [4.78, 5) is 73.3. The van der Waals surface area contributed by atoms with Crippen LogP contribution in [0.1, 0.15) is 86.1 Å². The second-order valence-corrected chi connectivity index (χ2v) is 15.5. The van der Waals surface area contributed by atoms with E-state index in [0.717, 1.165) is 18.4 Å². The number of rotatable bonds is 22. The molecule has 1 aromatic rings. The fraction of sp³-hybridized carbons (Fsp3) is 0.732. The molecule has 55 heavy (non-hydrogen) atoms. The topological polar surface area (TPSA) is 173 Å². The van der Waals surface area contributed by atoms with E-state index in [1.54, 1.807) is 35.8 Å². The quantitative estimate of drug-likeness (QED) is 0.149. The number of urea groups is 1. The number of nitrogens with two attached hydrogens (primary N) is 1. The van der Waals surface area contributed by atoms with Gasteiger partial charge in [-0.3, -0.25) is 14.4 Å². The first-order valence-electron chi connectivity index (χ1n) is 19.9.